The molecule has 0 radical (unpaired) electrons. The molecule has 0 unspecified atom stereocenters. The monoisotopic (exact) mass is 1140 g/mol. The van der Waals surface area contributed by atoms with Crippen LogP contribution in [-0.2, 0) is 16.2 Å². The third-order valence-electron chi connectivity index (χ3n) is 13.0. The van der Waals surface area contributed by atoms with E-state index >= 15 is 0 Å². The van der Waals surface area contributed by atoms with Crippen LogP contribution in [0.3, 0.4) is 0 Å². The van der Waals surface area contributed by atoms with Gasteiger partial charge in [-0.1, -0.05) is 211 Å². The minimum absolute atomic E-state index is 0.0668. The van der Waals surface area contributed by atoms with Crippen molar-refractivity contribution < 1.29 is 10.0 Å². The summed E-state index contributed by atoms with van der Waals surface area (Å²) in [5.74, 6) is 0. The predicted molar refractivity (Wildman–Crippen MR) is 290 cm³/mol. The van der Waals surface area contributed by atoms with E-state index in [4.69, 9.17) is 0 Å². The molecule has 3 aliphatic rings. The molecule has 2 N–H and O–H groups in total. The molecule has 8 aromatic rings. The average molecular weight is 1140 g/mol. The summed E-state index contributed by atoms with van der Waals surface area (Å²) < 4.78 is 4.68. The standard InChI is InChI=1S/C21H17Br.C15H15BO2.C15H13Br.C6H4BrI/c1-21(2)19-6-4-3-5-17(19)18-12-9-15(13-20(18)21)14-7-10-16(22)11-8-14;1-15(2)13-6-4-3-5-11(13)12-8-7-10(16(17)18)9-14(12)15;1-15(2)13-6-4-3-5-11(13)12-8-7-10(16)9-14(12)15;7-5-1-3-6(8)4-2-5/h3-13H,1-2H3;3-9,17-18H,1-2H3;3-9H,1-2H3;1-4H. The maximum atomic E-state index is 9.30. The van der Waals surface area contributed by atoms with Crippen LogP contribution < -0.4 is 5.46 Å². The van der Waals surface area contributed by atoms with Gasteiger partial charge in [0.05, 0.1) is 0 Å². The molecule has 64 heavy (non-hydrogen) atoms. The van der Waals surface area contributed by atoms with E-state index in [0.717, 1.165) is 19.0 Å². The van der Waals surface area contributed by atoms with Crippen molar-refractivity contribution in [3.8, 4) is 44.5 Å². The fraction of sp³-hybridized carbons (Fsp3) is 0.158. The molecule has 0 amide bonds. The Labute approximate surface area is 417 Å². The van der Waals surface area contributed by atoms with Crippen molar-refractivity contribution in [2.75, 3.05) is 0 Å². The quantitative estimate of drug-likeness (QED) is 0.134. The highest BCUT2D eigenvalue weighted by atomic mass is 127. The van der Waals surface area contributed by atoms with Crippen LogP contribution in [0.15, 0.2) is 189 Å². The van der Waals surface area contributed by atoms with Gasteiger partial charge >= 0.3 is 7.12 Å². The van der Waals surface area contributed by atoms with Crippen molar-refractivity contribution in [2.45, 2.75) is 57.8 Å². The molecule has 2 nitrogen and oxygen atoms in total. The third-order valence-corrected chi connectivity index (χ3v) is 15.3. The number of halogens is 4. The molecule has 0 heterocycles. The van der Waals surface area contributed by atoms with Crippen molar-refractivity contribution in [1.82, 2.24) is 0 Å². The molecule has 0 spiro atoms. The van der Waals surface area contributed by atoms with Crippen molar-refractivity contribution in [1.29, 1.82) is 0 Å². The van der Waals surface area contributed by atoms with Gasteiger partial charge < -0.3 is 10.0 Å². The lowest BCUT2D eigenvalue weighted by Gasteiger charge is -2.22. The molecule has 0 atom stereocenters. The zero-order valence-electron chi connectivity index (χ0n) is 36.7. The van der Waals surface area contributed by atoms with Crippen molar-refractivity contribution in [3.05, 3.63) is 226 Å². The number of hydrogen-bond acceptors (Lipinski definition) is 2. The third kappa shape index (κ3) is 9.06. The van der Waals surface area contributed by atoms with Gasteiger partial charge in [0.2, 0.25) is 0 Å². The summed E-state index contributed by atoms with van der Waals surface area (Å²) in [6, 6.07) is 61.7. The normalized spacial score (nSPS) is 14.3. The Hall–Kier alpha value is -4.09. The summed E-state index contributed by atoms with van der Waals surface area (Å²) in [6.07, 6.45) is 0. The highest BCUT2D eigenvalue weighted by molar-refractivity contribution is 14.1. The largest absolute Gasteiger partial charge is 0.488 e. The SMILES string of the molecule is Brc1ccc(I)cc1.CC1(C)c2ccccc2-c2ccc(-c3ccc(Br)cc3)cc21.CC1(C)c2ccccc2-c2ccc(B(O)O)cc21.CC1(C)c2ccccc2-c2ccc(Br)cc21. The predicted octanol–water partition coefficient (Wildman–Crippen LogP) is 15.9. The second-order valence-corrected chi connectivity index (χ2v) is 22.1. The molecular weight excluding hydrogens is 1090 g/mol. The maximum Gasteiger partial charge on any atom is 0.488 e. The summed E-state index contributed by atoms with van der Waals surface area (Å²) in [5.41, 5.74) is 19.3. The molecule has 0 fully saturated rings. The van der Waals surface area contributed by atoms with Crippen molar-refractivity contribution in [2.24, 2.45) is 0 Å². The van der Waals surface area contributed by atoms with Crippen molar-refractivity contribution >= 4 is 83.0 Å². The van der Waals surface area contributed by atoms with Gasteiger partial charge in [0.25, 0.3) is 0 Å². The van der Waals surface area contributed by atoms with Gasteiger partial charge in [-0.25, -0.2) is 0 Å². The Morgan fingerprint density at radius 1 is 0.359 bits per heavy atom. The lowest BCUT2D eigenvalue weighted by molar-refractivity contribution is 0.425. The van der Waals surface area contributed by atoms with Gasteiger partial charge in [-0.3, -0.25) is 0 Å². The van der Waals surface area contributed by atoms with Crippen LogP contribution in [0.2, 0.25) is 0 Å². The molecule has 8 aromatic carbocycles. The van der Waals surface area contributed by atoms with E-state index in [0.29, 0.717) is 5.46 Å². The van der Waals surface area contributed by atoms with Gasteiger partial charge in [0.1, 0.15) is 0 Å². The number of rotatable bonds is 2. The molecule has 0 aromatic heterocycles. The van der Waals surface area contributed by atoms with Crippen LogP contribution in [-0.4, -0.2) is 17.2 Å². The molecule has 11 rings (SSSR count). The van der Waals surface area contributed by atoms with Gasteiger partial charge in [0, 0.05) is 33.2 Å². The minimum Gasteiger partial charge on any atom is -0.423 e. The van der Waals surface area contributed by atoms with E-state index in [2.05, 4.69) is 245 Å². The van der Waals surface area contributed by atoms with E-state index in [1.807, 2.05) is 36.4 Å². The van der Waals surface area contributed by atoms with Crippen LogP contribution in [0.25, 0.3) is 44.5 Å². The summed E-state index contributed by atoms with van der Waals surface area (Å²) in [5, 5.41) is 18.6. The Morgan fingerprint density at radius 3 is 1.16 bits per heavy atom. The zero-order valence-corrected chi connectivity index (χ0v) is 43.6. The summed E-state index contributed by atoms with van der Waals surface area (Å²) in [7, 11) is -1.41. The van der Waals surface area contributed by atoms with E-state index in [-0.39, 0.29) is 16.2 Å². The summed E-state index contributed by atoms with van der Waals surface area (Å²) in [6.45, 7) is 13.6. The molecule has 0 bridgehead atoms. The molecular formula is C57H49BBr3IO2. The fourth-order valence-corrected chi connectivity index (χ4v) is 10.8. The lowest BCUT2D eigenvalue weighted by atomic mass is 9.75. The average Bonchev–Trinajstić information content (AvgIpc) is 3.77. The molecule has 0 saturated heterocycles. The van der Waals surface area contributed by atoms with Crippen molar-refractivity contribution in [3.63, 3.8) is 0 Å². The molecule has 0 saturated carbocycles. The van der Waals surface area contributed by atoms with Crippen LogP contribution >= 0.6 is 70.4 Å². The second kappa shape index (κ2) is 18.7. The smallest absolute Gasteiger partial charge is 0.423 e. The van der Waals surface area contributed by atoms with Crippen LogP contribution in [0, 0.1) is 3.57 Å². The Morgan fingerprint density at radius 2 is 0.703 bits per heavy atom. The van der Waals surface area contributed by atoms with Crippen LogP contribution in [0.1, 0.15) is 74.9 Å². The van der Waals surface area contributed by atoms with E-state index in [1.54, 1.807) is 6.07 Å². The Balaban J connectivity index is 0.000000122. The highest BCUT2D eigenvalue weighted by Crippen LogP contribution is 2.51. The molecule has 7 heteroatoms. The first kappa shape index (κ1) is 46.4. The molecule has 3 aliphatic carbocycles. The maximum absolute atomic E-state index is 9.30. The summed E-state index contributed by atoms with van der Waals surface area (Å²) in [4.78, 5) is 0. The van der Waals surface area contributed by atoms with E-state index < -0.39 is 7.12 Å². The first-order valence-corrected chi connectivity index (χ1v) is 24.9. The van der Waals surface area contributed by atoms with Gasteiger partial charge in [0.15, 0.2) is 0 Å². The van der Waals surface area contributed by atoms with Gasteiger partial charge in [-0.2, -0.15) is 0 Å². The number of benzene rings is 8. The van der Waals surface area contributed by atoms with Crippen LogP contribution in [0.5, 0.6) is 0 Å². The fourth-order valence-electron chi connectivity index (χ4n) is 9.51. The first-order valence-electron chi connectivity index (χ1n) is 21.4. The minimum atomic E-state index is -1.41. The topological polar surface area (TPSA) is 40.5 Å². The molecule has 320 valence electrons. The first-order chi connectivity index (χ1) is 30.5. The number of hydrogen-bond donors (Lipinski definition) is 2. The van der Waals surface area contributed by atoms with E-state index in [1.165, 1.54) is 75.9 Å². The number of fused-ring (bicyclic) bond motifs is 9. The van der Waals surface area contributed by atoms with Crippen LogP contribution in [0.4, 0.5) is 0 Å². The van der Waals surface area contributed by atoms with Gasteiger partial charge in [-0.15, -0.1) is 0 Å². The summed E-state index contributed by atoms with van der Waals surface area (Å²) >= 11 is 12.7. The van der Waals surface area contributed by atoms with E-state index in [9.17, 15) is 10.0 Å². The highest BCUT2D eigenvalue weighted by Gasteiger charge is 2.37. The van der Waals surface area contributed by atoms with Gasteiger partial charge in [-0.05, 0) is 161 Å². The Kier molecular flexibility index (Phi) is 13.5. The lowest BCUT2D eigenvalue weighted by Crippen LogP contribution is -2.31. The molecule has 0 aliphatic heterocycles. The zero-order chi connectivity index (χ0) is 45.6. The Bertz CT molecular complexity index is 2970. The second-order valence-electron chi connectivity index (χ2n) is 18.1.